The number of aromatic nitrogens is 2. The number of ether oxygens (including phenoxy) is 2. The zero-order valence-electron chi connectivity index (χ0n) is 14.9. The maximum absolute atomic E-state index is 12.6. The zero-order chi connectivity index (χ0) is 21.0. The van der Waals surface area contributed by atoms with Crippen molar-refractivity contribution in [2.24, 2.45) is 0 Å². The van der Waals surface area contributed by atoms with Crippen LogP contribution in [0.3, 0.4) is 0 Å². The van der Waals surface area contributed by atoms with Gasteiger partial charge in [-0.05, 0) is 30.3 Å². The fourth-order valence-electron chi connectivity index (χ4n) is 2.30. The van der Waals surface area contributed by atoms with E-state index in [1.165, 1.54) is 49.8 Å². The van der Waals surface area contributed by atoms with Gasteiger partial charge in [0.2, 0.25) is 5.88 Å². The third-order valence-electron chi connectivity index (χ3n) is 3.72. The lowest BCUT2D eigenvalue weighted by molar-refractivity contribution is -0.137. The van der Waals surface area contributed by atoms with Crippen molar-refractivity contribution in [3.05, 3.63) is 66.1 Å². The summed E-state index contributed by atoms with van der Waals surface area (Å²) in [6.07, 6.45) is -1.83. The molecular weight excluding hydrogens is 391 g/mol. The molecule has 150 valence electrons. The van der Waals surface area contributed by atoms with E-state index in [1.807, 2.05) is 0 Å². The summed E-state index contributed by atoms with van der Waals surface area (Å²) in [5.41, 5.74) is -0.724. The minimum absolute atomic E-state index is 0.101. The molecule has 29 heavy (non-hydrogen) atoms. The van der Waals surface area contributed by atoms with Crippen molar-refractivity contribution >= 4 is 11.6 Å². The Morgan fingerprint density at radius 1 is 1.07 bits per heavy atom. The fourth-order valence-corrected chi connectivity index (χ4v) is 2.30. The number of alkyl halides is 3. The molecule has 10 heteroatoms. The number of hydrogen-bond donors (Lipinski definition) is 2. The molecule has 0 fully saturated rings. The van der Waals surface area contributed by atoms with Gasteiger partial charge in [-0.25, -0.2) is 9.97 Å². The van der Waals surface area contributed by atoms with Crippen LogP contribution in [0.2, 0.25) is 0 Å². The predicted molar refractivity (Wildman–Crippen MR) is 96.2 cm³/mol. The van der Waals surface area contributed by atoms with Crippen LogP contribution in [0, 0.1) is 0 Å². The first-order valence-electron chi connectivity index (χ1n) is 8.12. The summed E-state index contributed by atoms with van der Waals surface area (Å²) >= 11 is 0. The minimum atomic E-state index is -4.43. The van der Waals surface area contributed by atoms with Gasteiger partial charge in [-0.3, -0.25) is 4.79 Å². The topological polar surface area (TPSA) is 93.6 Å². The predicted octanol–water partition coefficient (Wildman–Crippen LogP) is 4.25. The first kappa shape index (κ1) is 19.9. The Kier molecular flexibility index (Phi) is 5.53. The monoisotopic (exact) mass is 405 g/mol. The number of anilines is 1. The summed E-state index contributed by atoms with van der Waals surface area (Å²) in [6, 6.07) is 8.46. The smallest absolute Gasteiger partial charge is 0.416 e. The highest BCUT2D eigenvalue weighted by Crippen LogP contribution is 2.31. The van der Waals surface area contributed by atoms with Gasteiger partial charge in [0.25, 0.3) is 5.91 Å². The molecule has 3 rings (SSSR count). The van der Waals surface area contributed by atoms with Crippen molar-refractivity contribution in [2.45, 2.75) is 6.18 Å². The molecule has 1 aromatic carbocycles. The van der Waals surface area contributed by atoms with Crippen molar-refractivity contribution in [2.75, 3.05) is 12.4 Å². The van der Waals surface area contributed by atoms with E-state index in [0.717, 1.165) is 12.1 Å². The molecule has 0 unspecified atom stereocenters. The summed E-state index contributed by atoms with van der Waals surface area (Å²) in [5, 5.41) is 12.5. The van der Waals surface area contributed by atoms with Gasteiger partial charge in [0.05, 0.1) is 24.6 Å². The second-order valence-electron chi connectivity index (χ2n) is 5.67. The van der Waals surface area contributed by atoms with Gasteiger partial charge in [-0.15, -0.1) is 0 Å². The number of halogens is 3. The van der Waals surface area contributed by atoms with E-state index in [0.29, 0.717) is 5.69 Å². The summed E-state index contributed by atoms with van der Waals surface area (Å²) in [5.74, 6) is -0.691. The van der Waals surface area contributed by atoms with Crippen LogP contribution in [0.4, 0.5) is 18.9 Å². The average Bonchev–Trinajstić information content (AvgIpc) is 2.69. The Bertz CT molecular complexity index is 1010. The second-order valence-corrected chi connectivity index (χ2v) is 5.67. The molecule has 0 aliphatic rings. The van der Waals surface area contributed by atoms with E-state index in [4.69, 9.17) is 9.47 Å². The molecule has 0 saturated carbocycles. The van der Waals surface area contributed by atoms with Crippen molar-refractivity contribution < 1.29 is 32.5 Å². The molecule has 0 atom stereocenters. The number of benzene rings is 1. The first-order valence-corrected chi connectivity index (χ1v) is 8.12. The van der Waals surface area contributed by atoms with Crippen LogP contribution in [-0.4, -0.2) is 28.1 Å². The number of aromatic hydroxyl groups is 1. The van der Waals surface area contributed by atoms with E-state index in [2.05, 4.69) is 15.3 Å². The molecule has 7 nitrogen and oxygen atoms in total. The number of pyridine rings is 2. The summed E-state index contributed by atoms with van der Waals surface area (Å²) in [6.45, 7) is 0. The Morgan fingerprint density at radius 2 is 1.79 bits per heavy atom. The number of hydrogen-bond acceptors (Lipinski definition) is 6. The van der Waals surface area contributed by atoms with Gasteiger partial charge in [0, 0.05) is 18.3 Å². The summed E-state index contributed by atoms with van der Waals surface area (Å²) in [4.78, 5) is 20.0. The van der Waals surface area contributed by atoms with Gasteiger partial charge in [-0.1, -0.05) is 0 Å². The molecule has 3 aromatic rings. The number of nitrogens with zero attached hydrogens (tertiary/aromatic N) is 2. The van der Waals surface area contributed by atoms with Crippen LogP contribution in [0.25, 0.3) is 0 Å². The van der Waals surface area contributed by atoms with Gasteiger partial charge in [0.1, 0.15) is 5.75 Å². The fraction of sp³-hybridized carbons (Fsp3) is 0.105. The van der Waals surface area contributed by atoms with Gasteiger partial charge in [-0.2, -0.15) is 13.2 Å². The molecule has 2 N–H and O–H groups in total. The van der Waals surface area contributed by atoms with Crippen LogP contribution in [-0.2, 0) is 6.18 Å². The molecule has 2 heterocycles. The molecule has 1 amide bonds. The molecule has 0 spiro atoms. The van der Waals surface area contributed by atoms with Crippen molar-refractivity contribution in [1.82, 2.24) is 9.97 Å². The van der Waals surface area contributed by atoms with E-state index in [-0.39, 0.29) is 23.1 Å². The van der Waals surface area contributed by atoms with Crippen molar-refractivity contribution in [3.8, 4) is 23.1 Å². The van der Waals surface area contributed by atoms with E-state index in [1.54, 1.807) is 0 Å². The van der Waals surface area contributed by atoms with Crippen LogP contribution < -0.4 is 14.8 Å². The Balaban J connectivity index is 1.67. The third-order valence-corrected chi connectivity index (χ3v) is 3.72. The normalized spacial score (nSPS) is 11.0. The molecule has 0 aliphatic carbocycles. The highest BCUT2D eigenvalue weighted by Gasteiger charge is 2.30. The number of carbonyl (C=O) groups is 1. The molecule has 0 aliphatic heterocycles. The largest absolute Gasteiger partial charge is 0.503 e. The molecular formula is C19H14F3N3O4. The molecule has 2 aromatic heterocycles. The molecule has 0 saturated heterocycles. The minimum Gasteiger partial charge on any atom is -0.503 e. The number of methoxy groups -OCH3 is 1. The lowest BCUT2D eigenvalue weighted by atomic mass is 10.2. The number of amides is 1. The highest BCUT2D eigenvalue weighted by atomic mass is 19.4. The van der Waals surface area contributed by atoms with Gasteiger partial charge >= 0.3 is 6.18 Å². The SMILES string of the molecule is COc1ccnc(C(=O)Nc2ccc(Oc3ccc(C(F)(F)F)cc3)nc2)c1O. The summed E-state index contributed by atoms with van der Waals surface area (Å²) in [7, 11) is 1.34. The quantitative estimate of drug-likeness (QED) is 0.659. The average molecular weight is 405 g/mol. The maximum Gasteiger partial charge on any atom is 0.416 e. The van der Waals surface area contributed by atoms with Gasteiger partial charge < -0.3 is 19.9 Å². The van der Waals surface area contributed by atoms with E-state index in [9.17, 15) is 23.1 Å². The number of carbonyl (C=O) groups excluding carboxylic acids is 1. The summed E-state index contributed by atoms with van der Waals surface area (Å²) < 4.78 is 48.0. The second kappa shape index (κ2) is 8.05. The zero-order valence-corrected chi connectivity index (χ0v) is 14.9. The third kappa shape index (κ3) is 4.72. The van der Waals surface area contributed by atoms with Crippen molar-refractivity contribution in [1.29, 1.82) is 0 Å². The number of rotatable bonds is 5. The van der Waals surface area contributed by atoms with E-state index < -0.39 is 23.4 Å². The highest BCUT2D eigenvalue weighted by molar-refractivity contribution is 6.05. The maximum atomic E-state index is 12.6. The van der Waals surface area contributed by atoms with Gasteiger partial charge in [0.15, 0.2) is 17.2 Å². The van der Waals surface area contributed by atoms with Crippen molar-refractivity contribution in [3.63, 3.8) is 0 Å². The number of nitrogens with one attached hydrogen (secondary N) is 1. The lowest BCUT2D eigenvalue weighted by Gasteiger charge is -2.10. The van der Waals surface area contributed by atoms with E-state index >= 15 is 0 Å². The molecule has 0 radical (unpaired) electrons. The first-order chi connectivity index (χ1) is 13.8. The van der Waals surface area contributed by atoms with Crippen LogP contribution in [0.1, 0.15) is 16.1 Å². The Labute approximate surface area is 162 Å². The Morgan fingerprint density at radius 3 is 2.38 bits per heavy atom. The van der Waals surface area contributed by atoms with Crippen LogP contribution >= 0.6 is 0 Å². The molecule has 0 bridgehead atoms. The standard InChI is InChI=1S/C19H14F3N3O4/c1-28-14-8-9-23-16(17(14)26)18(27)25-12-4-7-15(24-10-12)29-13-5-2-11(3-6-13)19(20,21)22/h2-10,26H,1H3,(H,25,27). The van der Waals surface area contributed by atoms with Crippen LogP contribution in [0.5, 0.6) is 23.1 Å². The lowest BCUT2D eigenvalue weighted by Crippen LogP contribution is -2.14. The Hall–Kier alpha value is -3.82. The van der Waals surface area contributed by atoms with Crippen LogP contribution in [0.15, 0.2) is 54.9 Å².